The second-order valence-electron chi connectivity index (χ2n) is 4.85. The SMILES string of the molecule is Cl.Cl.Cn1ccnc1CNC(=O)C(C)(N)c1ccc(Br)cc1. The third-order valence-corrected chi connectivity index (χ3v) is 3.77. The van der Waals surface area contributed by atoms with Gasteiger partial charge in [0.05, 0.1) is 6.54 Å². The summed E-state index contributed by atoms with van der Waals surface area (Å²) in [5, 5.41) is 2.82. The van der Waals surface area contributed by atoms with Crippen molar-refractivity contribution in [2.75, 3.05) is 0 Å². The first-order chi connectivity index (χ1) is 9.41. The molecule has 1 atom stereocenters. The number of nitrogens with two attached hydrogens (primary N) is 1. The number of carbonyl (C=O) groups is 1. The van der Waals surface area contributed by atoms with Crippen molar-refractivity contribution in [2.24, 2.45) is 12.8 Å². The molecule has 22 heavy (non-hydrogen) atoms. The van der Waals surface area contributed by atoms with Gasteiger partial charge in [0.15, 0.2) is 0 Å². The minimum atomic E-state index is -1.08. The fourth-order valence-corrected chi connectivity index (χ4v) is 2.10. The standard InChI is InChI=1S/C14H17BrN4O.2ClH/c1-14(16,10-3-5-11(15)6-4-10)13(20)18-9-12-17-7-8-19(12)2;;/h3-8H,9,16H2,1-2H3,(H,18,20);2*1H. The smallest absolute Gasteiger partial charge is 0.244 e. The second kappa shape index (κ2) is 8.53. The second-order valence-corrected chi connectivity index (χ2v) is 5.76. The maximum absolute atomic E-state index is 12.3. The van der Waals surface area contributed by atoms with Crippen LogP contribution in [0.1, 0.15) is 18.3 Å². The molecule has 0 radical (unpaired) electrons. The molecule has 8 heteroatoms. The maximum Gasteiger partial charge on any atom is 0.244 e. The summed E-state index contributed by atoms with van der Waals surface area (Å²) in [7, 11) is 1.88. The topological polar surface area (TPSA) is 72.9 Å². The van der Waals surface area contributed by atoms with Crippen LogP contribution in [0.2, 0.25) is 0 Å². The van der Waals surface area contributed by atoms with E-state index in [0.29, 0.717) is 6.54 Å². The zero-order valence-electron chi connectivity index (χ0n) is 12.2. The van der Waals surface area contributed by atoms with Crippen LogP contribution in [0, 0.1) is 0 Å². The Kier molecular flexibility index (Phi) is 8.11. The molecule has 5 nitrogen and oxygen atoms in total. The van der Waals surface area contributed by atoms with Gasteiger partial charge in [-0.15, -0.1) is 24.8 Å². The number of nitrogens with one attached hydrogen (secondary N) is 1. The van der Waals surface area contributed by atoms with E-state index in [1.807, 2.05) is 42.1 Å². The van der Waals surface area contributed by atoms with Crippen molar-refractivity contribution in [3.8, 4) is 0 Å². The van der Waals surface area contributed by atoms with Crippen molar-refractivity contribution >= 4 is 46.7 Å². The van der Waals surface area contributed by atoms with E-state index in [0.717, 1.165) is 15.9 Å². The third-order valence-electron chi connectivity index (χ3n) is 3.24. The molecule has 3 N–H and O–H groups in total. The highest BCUT2D eigenvalue weighted by atomic mass is 79.9. The third kappa shape index (κ3) is 4.71. The van der Waals surface area contributed by atoms with Crippen LogP contribution in [-0.2, 0) is 23.9 Å². The molecule has 1 aromatic carbocycles. The largest absolute Gasteiger partial charge is 0.347 e. The zero-order valence-corrected chi connectivity index (χ0v) is 15.5. The quantitative estimate of drug-likeness (QED) is 0.814. The first kappa shape index (κ1) is 20.9. The minimum absolute atomic E-state index is 0. The van der Waals surface area contributed by atoms with E-state index in [2.05, 4.69) is 26.2 Å². The van der Waals surface area contributed by atoms with Crippen molar-refractivity contribution in [2.45, 2.75) is 19.0 Å². The summed E-state index contributed by atoms with van der Waals surface area (Å²) in [6.45, 7) is 2.05. The Labute approximate surface area is 150 Å². The predicted octanol–water partition coefficient (Wildman–Crippen LogP) is 2.52. The van der Waals surface area contributed by atoms with Gasteiger partial charge in [-0.1, -0.05) is 28.1 Å². The van der Waals surface area contributed by atoms with Crippen LogP contribution in [0.25, 0.3) is 0 Å². The highest BCUT2D eigenvalue weighted by Crippen LogP contribution is 2.20. The van der Waals surface area contributed by atoms with Crippen LogP contribution in [0.5, 0.6) is 0 Å². The summed E-state index contributed by atoms with van der Waals surface area (Å²) in [5.41, 5.74) is 5.84. The van der Waals surface area contributed by atoms with Gasteiger partial charge in [-0.3, -0.25) is 4.79 Å². The summed E-state index contributed by atoms with van der Waals surface area (Å²) in [4.78, 5) is 16.4. The lowest BCUT2D eigenvalue weighted by Crippen LogP contribution is -2.48. The lowest BCUT2D eigenvalue weighted by molar-refractivity contribution is -0.126. The molecule has 0 saturated heterocycles. The number of hydrogen-bond acceptors (Lipinski definition) is 3. The number of imidazole rings is 1. The van der Waals surface area contributed by atoms with Crippen LogP contribution >= 0.6 is 40.7 Å². The molecule has 0 aliphatic rings. The summed E-state index contributed by atoms with van der Waals surface area (Å²) >= 11 is 3.36. The van der Waals surface area contributed by atoms with Gasteiger partial charge in [-0.05, 0) is 24.6 Å². The van der Waals surface area contributed by atoms with Gasteiger partial charge in [0.2, 0.25) is 5.91 Å². The fraction of sp³-hybridized carbons (Fsp3) is 0.286. The van der Waals surface area contributed by atoms with Gasteiger partial charge in [0.1, 0.15) is 11.4 Å². The fourth-order valence-electron chi connectivity index (χ4n) is 1.84. The van der Waals surface area contributed by atoms with Gasteiger partial charge >= 0.3 is 0 Å². The van der Waals surface area contributed by atoms with Crippen molar-refractivity contribution in [1.29, 1.82) is 0 Å². The van der Waals surface area contributed by atoms with Gasteiger partial charge in [0, 0.05) is 23.9 Å². The van der Waals surface area contributed by atoms with E-state index in [4.69, 9.17) is 5.73 Å². The normalized spacial score (nSPS) is 12.5. The number of rotatable bonds is 4. The number of benzene rings is 1. The molecule has 1 amide bonds. The van der Waals surface area contributed by atoms with Gasteiger partial charge in [-0.25, -0.2) is 4.98 Å². The first-order valence-corrected chi connectivity index (χ1v) is 7.00. The van der Waals surface area contributed by atoms with E-state index in [1.165, 1.54) is 0 Å². The Morgan fingerprint density at radius 1 is 1.36 bits per heavy atom. The average Bonchev–Trinajstić information content (AvgIpc) is 2.82. The molecule has 1 heterocycles. The van der Waals surface area contributed by atoms with Gasteiger partial charge < -0.3 is 15.6 Å². The molecule has 0 bridgehead atoms. The highest BCUT2D eigenvalue weighted by Gasteiger charge is 2.30. The Balaban J connectivity index is 0.00000220. The zero-order chi connectivity index (χ0) is 14.8. The lowest BCUT2D eigenvalue weighted by Gasteiger charge is -2.24. The average molecular weight is 410 g/mol. The van der Waals surface area contributed by atoms with Crippen molar-refractivity contribution in [3.63, 3.8) is 0 Å². The Hall–Kier alpha value is -1.08. The van der Waals surface area contributed by atoms with Crippen molar-refractivity contribution in [1.82, 2.24) is 14.9 Å². The van der Waals surface area contributed by atoms with Gasteiger partial charge in [-0.2, -0.15) is 0 Å². The van der Waals surface area contributed by atoms with Crippen LogP contribution in [-0.4, -0.2) is 15.5 Å². The van der Waals surface area contributed by atoms with Crippen LogP contribution in [0.15, 0.2) is 41.1 Å². The Morgan fingerprint density at radius 3 is 2.45 bits per heavy atom. The molecule has 1 unspecified atom stereocenters. The van der Waals surface area contributed by atoms with Crippen molar-refractivity contribution in [3.05, 3.63) is 52.5 Å². The highest BCUT2D eigenvalue weighted by molar-refractivity contribution is 9.10. The maximum atomic E-state index is 12.3. The number of halogens is 3. The molecule has 0 aliphatic carbocycles. The molecule has 2 aromatic rings. The number of hydrogen-bond donors (Lipinski definition) is 2. The summed E-state index contributed by atoms with van der Waals surface area (Å²) in [6.07, 6.45) is 3.52. The summed E-state index contributed by atoms with van der Waals surface area (Å²) < 4.78 is 2.80. The van der Waals surface area contributed by atoms with Crippen molar-refractivity contribution < 1.29 is 4.79 Å². The molecule has 1 aromatic heterocycles. The molecule has 2 rings (SSSR count). The van der Waals surface area contributed by atoms with E-state index in [1.54, 1.807) is 13.1 Å². The van der Waals surface area contributed by atoms with E-state index in [9.17, 15) is 4.79 Å². The summed E-state index contributed by atoms with van der Waals surface area (Å²) in [6, 6.07) is 7.41. The molecule has 122 valence electrons. The van der Waals surface area contributed by atoms with Crippen LogP contribution < -0.4 is 11.1 Å². The molecular weight excluding hydrogens is 391 g/mol. The number of nitrogens with zero attached hydrogens (tertiary/aromatic N) is 2. The number of aryl methyl sites for hydroxylation is 1. The lowest BCUT2D eigenvalue weighted by atomic mass is 9.92. The van der Waals surface area contributed by atoms with E-state index < -0.39 is 5.54 Å². The predicted molar refractivity (Wildman–Crippen MR) is 95.2 cm³/mol. The van der Waals surface area contributed by atoms with E-state index >= 15 is 0 Å². The molecule has 0 aliphatic heterocycles. The van der Waals surface area contributed by atoms with Gasteiger partial charge in [0.25, 0.3) is 0 Å². The molecule has 0 fully saturated rings. The number of amides is 1. The van der Waals surface area contributed by atoms with Crippen LogP contribution in [0.4, 0.5) is 0 Å². The Bertz CT molecular complexity index is 614. The molecular formula is C14H19BrCl2N4O. The minimum Gasteiger partial charge on any atom is -0.347 e. The molecule has 0 saturated carbocycles. The number of carbonyl (C=O) groups excluding carboxylic acids is 1. The monoisotopic (exact) mass is 408 g/mol. The van der Waals surface area contributed by atoms with Crippen LogP contribution in [0.3, 0.4) is 0 Å². The summed E-state index contributed by atoms with van der Waals surface area (Å²) in [5.74, 6) is 0.549. The number of aromatic nitrogens is 2. The van der Waals surface area contributed by atoms with E-state index in [-0.39, 0.29) is 30.7 Å². The molecule has 0 spiro atoms. The first-order valence-electron chi connectivity index (χ1n) is 6.20. The Morgan fingerprint density at radius 2 is 1.95 bits per heavy atom.